The van der Waals surface area contributed by atoms with Crippen LogP contribution in [-0.4, -0.2) is 25.2 Å². The Kier molecular flexibility index (Phi) is 4.09. The van der Waals surface area contributed by atoms with Gasteiger partial charge >= 0.3 is 6.18 Å². The smallest absolute Gasteiger partial charge is 0.416 e. The van der Waals surface area contributed by atoms with E-state index in [4.69, 9.17) is 4.42 Å². The number of alkyl halides is 3. The van der Waals surface area contributed by atoms with Gasteiger partial charge in [0.1, 0.15) is 5.52 Å². The van der Waals surface area contributed by atoms with Gasteiger partial charge in [0.05, 0.1) is 11.3 Å². The van der Waals surface area contributed by atoms with E-state index in [0.717, 1.165) is 23.2 Å². The molecule has 0 saturated carbocycles. The Morgan fingerprint density at radius 1 is 0.800 bits per heavy atom. The minimum atomic E-state index is -4.40. The molecule has 0 aliphatic carbocycles. The van der Waals surface area contributed by atoms with E-state index in [-0.39, 0.29) is 0 Å². The molecule has 0 fully saturated rings. The molecule has 0 aliphatic heterocycles. The number of fused-ring (bicyclic) bond motifs is 1. The second kappa shape index (κ2) is 6.80. The van der Waals surface area contributed by atoms with Gasteiger partial charge in [-0.3, -0.25) is 0 Å². The summed E-state index contributed by atoms with van der Waals surface area (Å²) < 4.78 is 45.6. The molecule has 2 aromatic heterocycles. The summed E-state index contributed by atoms with van der Waals surface area (Å²) in [6, 6.07) is 19.4. The van der Waals surface area contributed by atoms with Crippen molar-refractivity contribution < 1.29 is 17.6 Å². The number of tetrazole rings is 1. The van der Waals surface area contributed by atoms with Gasteiger partial charge in [0, 0.05) is 11.1 Å². The number of nitrogens with zero attached hydrogens (tertiary/aromatic N) is 5. The van der Waals surface area contributed by atoms with Crippen molar-refractivity contribution in [2.75, 3.05) is 0 Å². The van der Waals surface area contributed by atoms with Gasteiger partial charge in [-0.2, -0.15) is 17.9 Å². The van der Waals surface area contributed by atoms with Gasteiger partial charge in [0.15, 0.2) is 11.4 Å². The lowest BCUT2D eigenvalue weighted by Crippen LogP contribution is -2.05. The van der Waals surface area contributed by atoms with E-state index in [1.165, 1.54) is 16.8 Å². The van der Waals surface area contributed by atoms with Crippen LogP contribution >= 0.6 is 0 Å². The summed E-state index contributed by atoms with van der Waals surface area (Å²) in [6.07, 6.45) is -4.40. The summed E-state index contributed by atoms with van der Waals surface area (Å²) in [5.74, 6) is 0.820. The van der Waals surface area contributed by atoms with Crippen LogP contribution in [0.4, 0.5) is 13.2 Å². The number of halogens is 3. The first-order valence-corrected chi connectivity index (χ1v) is 8.91. The normalized spacial score (nSPS) is 11.8. The van der Waals surface area contributed by atoms with Crippen molar-refractivity contribution in [1.29, 1.82) is 0 Å². The lowest BCUT2D eigenvalue weighted by Gasteiger charge is -2.08. The second-order valence-electron chi connectivity index (χ2n) is 6.52. The lowest BCUT2D eigenvalue weighted by atomic mass is 10.1. The first-order valence-electron chi connectivity index (χ1n) is 8.91. The standard InChI is InChI=1S/C21H12F3N5O/c22-21(23,24)15-9-5-13(6-10-15)19-26-27-28-29(19)16-11-7-14(8-12-16)20-25-17-3-1-2-4-18(17)30-20/h1-12H. The number of aromatic nitrogens is 5. The summed E-state index contributed by atoms with van der Waals surface area (Å²) in [4.78, 5) is 4.46. The molecule has 30 heavy (non-hydrogen) atoms. The molecule has 0 saturated heterocycles. The van der Waals surface area contributed by atoms with Crippen molar-refractivity contribution in [3.63, 3.8) is 0 Å². The fraction of sp³-hybridized carbons (Fsp3) is 0.0476. The van der Waals surface area contributed by atoms with Crippen molar-refractivity contribution >= 4 is 11.1 Å². The molecule has 0 bridgehead atoms. The molecule has 6 nitrogen and oxygen atoms in total. The van der Waals surface area contributed by atoms with Gasteiger partial charge < -0.3 is 4.42 Å². The van der Waals surface area contributed by atoms with Crippen LogP contribution in [0.2, 0.25) is 0 Å². The molecule has 0 amide bonds. The van der Waals surface area contributed by atoms with Gasteiger partial charge in [0.2, 0.25) is 5.89 Å². The minimum Gasteiger partial charge on any atom is -0.436 e. The predicted octanol–water partition coefficient (Wildman–Crippen LogP) is 5.16. The fourth-order valence-corrected chi connectivity index (χ4v) is 3.09. The average molecular weight is 407 g/mol. The second-order valence-corrected chi connectivity index (χ2v) is 6.52. The monoisotopic (exact) mass is 407 g/mol. The molecule has 0 spiro atoms. The number of hydrogen-bond acceptors (Lipinski definition) is 5. The quantitative estimate of drug-likeness (QED) is 0.413. The molecule has 3 aromatic carbocycles. The molecule has 5 aromatic rings. The highest BCUT2D eigenvalue weighted by Crippen LogP contribution is 2.31. The molecular formula is C21H12F3N5O. The zero-order chi connectivity index (χ0) is 20.7. The summed E-state index contributed by atoms with van der Waals surface area (Å²) in [5.41, 5.74) is 2.63. The van der Waals surface area contributed by atoms with Crippen molar-refractivity contribution in [1.82, 2.24) is 25.2 Å². The molecule has 0 radical (unpaired) electrons. The minimum absolute atomic E-state index is 0.332. The molecule has 0 atom stereocenters. The first-order chi connectivity index (χ1) is 14.5. The summed E-state index contributed by atoms with van der Waals surface area (Å²) in [7, 11) is 0. The molecule has 0 N–H and O–H groups in total. The maximum atomic E-state index is 12.8. The number of para-hydroxylation sites is 2. The zero-order valence-corrected chi connectivity index (χ0v) is 15.2. The van der Waals surface area contributed by atoms with E-state index in [1.54, 1.807) is 12.1 Å². The maximum Gasteiger partial charge on any atom is 0.416 e. The van der Waals surface area contributed by atoms with E-state index in [2.05, 4.69) is 20.5 Å². The summed E-state index contributed by atoms with van der Waals surface area (Å²) in [5, 5.41) is 11.6. The Morgan fingerprint density at radius 2 is 1.50 bits per heavy atom. The molecule has 5 rings (SSSR count). The van der Waals surface area contributed by atoms with E-state index in [0.29, 0.717) is 28.5 Å². The van der Waals surface area contributed by atoms with Crippen molar-refractivity contribution in [2.45, 2.75) is 6.18 Å². The van der Waals surface area contributed by atoms with Crippen molar-refractivity contribution in [3.05, 3.63) is 78.4 Å². The predicted molar refractivity (Wildman–Crippen MR) is 103 cm³/mol. The topological polar surface area (TPSA) is 69.6 Å². The van der Waals surface area contributed by atoms with Crippen LogP contribution in [0.15, 0.2) is 77.2 Å². The fourth-order valence-electron chi connectivity index (χ4n) is 3.09. The van der Waals surface area contributed by atoms with Crippen LogP contribution in [0.5, 0.6) is 0 Å². The van der Waals surface area contributed by atoms with Gasteiger partial charge in [0.25, 0.3) is 0 Å². The third-order valence-electron chi connectivity index (χ3n) is 4.59. The lowest BCUT2D eigenvalue weighted by molar-refractivity contribution is -0.137. The number of rotatable bonds is 3. The highest BCUT2D eigenvalue weighted by molar-refractivity contribution is 5.76. The van der Waals surface area contributed by atoms with E-state index < -0.39 is 11.7 Å². The van der Waals surface area contributed by atoms with Crippen LogP contribution in [0.25, 0.3) is 39.6 Å². The molecule has 0 unspecified atom stereocenters. The number of oxazole rings is 1. The molecule has 148 valence electrons. The Balaban J connectivity index is 1.46. The number of hydrogen-bond donors (Lipinski definition) is 0. The van der Waals surface area contributed by atoms with Crippen LogP contribution in [-0.2, 0) is 6.18 Å². The molecular weight excluding hydrogens is 395 g/mol. The third kappa shape index (κ3) is 3.20. The van der Waals surface area contributed by atoms with Crippen molar-refractivity contribution in [2.24, 2.45) is 0 Å². The third-order valence-corrected chi connectivity index (χ3v) is 4.59. The Morgan fingerprint density at radius 3 is 2.20 bits per heavy atom. The SMILES string of the molecule is FC(F)(F)c1ccc(-c2nnnn2-c2ccc(-c3nc4ccccc4o3)cc2)cc1. The summed E-state index contributed by atoms with van der Waals surface area (Å²) in [6.45, 7) is 0. The van der Waals surface area contributed by atoms with Gasteiger partial charge in [-0.15, -0.1) is 5.10 Å². The van der Waals surface area contributed by atoms with Gasteiger partial charge in [-0.25, -0.2) is 4.98 Å². The van der Waals surface area contributed by atoms with Crippen molar-refractivity contribution in [3.8, 4) is 28.5 Å². The Bertz CT molecular complexity index is 1290. The van der Waals surface area contributed by atoms with E-state index >= 15 is 0 Å². The Labute approximate surface area is 167 Å². The largest absolute Gasteiger partial charge is 0.436 e. The maximum absolute atomic E-state index is 12.8. The molecule has 0 aliphatic rings. The average Bonchev–Trinajstić information content (AvgIpc) is 3.40. The highest BCUT2D eigenvalue weighted by atomic mass is 19.4. The first kappa shape index (κ1) is 18.0. The van der Waals surface area contributed by atoms with Crippen LogP contribution < -0.4 is 0 Å². The van der Waals surface area contributed by atoms with Crippen LogP contribution in [0.3, 0.4) is 0 Å². The van der Waals surface area contributed by atoms with Crippen LogP contribution in [0, 0.1) is 0 Å². The van der Waals surface area contributed by atoms with Gasteiger partial charge in [-0.05, 0) is 59.0 Å². The van der Waals surface area contributed by atoms with Crippen LogP contribution in [0.1, 0.15) is 5.56 Å². The van der Waals surface area contributed by atoms with E-state index in [9.17, 15) is 13.2 Å². The molecule has 9 heteroatoms. The Hall–Kier alpha value is -4.01. The zero-order valence-electron chi connectivity index (χ0n) is 15.2. The van der Waals surface area contributed by atoms with Gasteiger partial charge in [-0.1, -0.05) is 24.3 Å². The number of benzene rings is 3. The summed E-state index contributed by atoms with van der Waals surface area (Å²) >= 11 is 0. The molecule has 2 heterocycles. The van der Waals surface area contributed by atoms with E-state index in [1.807, 2.05) is 36.4 Å². The highest BCUT2D eigenvalue weighted by Gasteiger charge is 2.30.